The molecule has 0 aromatic carbocycles. The molecule has 0 aliphatic heterocycles. The molecule has 64 valence electrons. The molecule has 0 spiro atoms. The first-order chi connectivity index (χ1) is 6.93. The van der Waals surface area contributed by atoms with E-state index in [1.54, 1.807) is 0 Å². The highest BCUT2D eigenvalue weighted by Gasteiger charge is 2.14. The van der Waals surface area contributed by atoms with Gasteiger partial charge in [-0.1, -0.05) is 36.4 Å². The summed E-state index contributed by atoms with van der Waals surface area (Å²) < 4.78 is 0. The van der Waals surface area contributed by atoms with Crippen molar-refractivity contribution in [3.05, 3.63) is 59.0 Å². The Labute approximate surface area is 81.8 Å². The maximum absolute atomic E-state index is 2.28. The Kier molecular flexibility index (Phi) is 0.935. The number of fused-ring (bicyclic) bond motifs is 4. The molecule has 0 atom stereocenters. The van der Waals surface area contributed by atoms with E-state index >= 15 is 0 Å². The Morgan fingerprint density at radius 3 is 1.79 bits per heavy atom. The SMILES string of the molecule is c1cc2cc3cc4cccc-4c=3c-2c1. The van der Waals surface area contributed by atoms with Crippen LogP contribution in [0.15, 0.2) is 48.5 Å². The van der Waals surface area contributed by atoms with E-state index in [2.05, 4.69) is 48.5 Å². The summed E-state index contributed by atoms with van der Waals surface area (Å²) >= 11 is 0. The smallest absolute Gasteiger partial charge is 0.00264 e. The van der Waals surface area contributed by atoms with Crippen molar-refractivity contribution in [1.29, 1.82) is 0 Å². The largest absolute Gasteiger partial charge is 0.0610 e. The lowest BCUT2D eigenvalue weighted by molar-refractivity contribution is 1.71. The first-order valence-corrected chi connectivity index (χ1v) is 4.89. The number of rotatable bonds is 0. The topological polar surface area (TPSA) is 0 Å². The lowest BCUT2D eigenvalue weighted by atomic mass is 10.1. The Bertz CT molecular complexity index is 623. The van der Waals surface area contributed by atoms with Crippen LogP contribution in [-0.4, -0.2) is 0 Å². The van der Waals surface area contributed by atoms with Crippen molar-refractivity contribution in [3.63, 3.8) is 0 Å². The fourth-order valence-electron chi connectivity index (χ4n) is 2.55. The quantitative estimate of drug-likeness (QED) is 0.384. The van der Waals surface area contributed by atoms with Crippen LogP contribution in [0.1, 0.15) is 0 Å². The van der Waals surface area contributed by atoms with Gasteiger partial charge in [0.15, 0.2) is 0 Å². The molecule has 0 aromatic heterocycles. The van der Waals surface area contributed by atoms with E-state index in [1.165, 1.54) is 32.7 Å². The van der Waals surface area contributed by atoms with Gasteiger partial charge >= 0.3 is 0 Å². The third-order valence-corrected chi connectivity index (χ3v) is 3.15. The molecule has 0 heterocycles. The van der Waals surface area contributed by atoms with Crippen LogP contribution in [0.4, 0.5) is 0 Å². The molecule has 0 heteroatoms. The van der Waals surface area contributed by atoms with Gasteiger partial charge in [0.25, 0.3) is 0 Å². The van der Waals surface area contributed by atoms with Crippen LogP contribution in [0.5, 0.6) is 0 Å². The zero-order chi connectivity index (χ0) is 9.12. The van der Waals surface area contributed by atoms with Gasteiger partial charge < -0.3 is 0 Å². The number of hydrogen-bond donors (Lipinski definition) is 0. The van der Waals surface area contributed by atoms with Gasteiger partial charge in [0, 0.05) is 0 Å². The van der Waals surface area contributed by atoms with Crippen LogP contribution in [0.25, 0.3) is 22.3 Å². The van der Waals surface area contributed by atoms with Crippen molar-refractivity contribution in [2.24, 2.45) is 0 Å². The molecule has 4 aliphatic rings. The van der Waals surface area contributed by atoms with Crippen molar-refractivity contribution in [2.75, 3.05) is 0 Å². The Morgan fingerprint density at radius 2 is 1.21 bits per heavy atom. The summed E-state index contributed by atoms with van der Waals surface area (Å²) in [5.41, 5.74) is 5.55. The molecule has 0 radical (unpaired) electrons. The fraction of sp³-hybridized carbons (Fsp3) is 0. The fourth-order valence-corrected chi connectivity index (χ4v) is 2.55. The third-order valence-electron chi connectivity index (χ3n) is 3.15. The van der Waals surface area contributed by atoms with Gasteiger partial charge in [-0.25, -0.2) is 0 Å². The zero-order valence-electron chi connectivity index (χ0n) is 7.62. The minimum atomic E-state index is 1.37. The highest BCUT2D eigenvalue weighted by atomic mass is 14.2. The monoisotopic (exact) mass is 176 g/mol. The molecule has 14 heavy (non-hydrogen) atoms. The van der Waals surface area contributed by atoms with Gasteiger partial charge in [-0.15, -0.1) is 0 Å². The standard InChI is InChI=1S/C14H8/c1-3-9-7-11-8-10-4-2-6-13(10)14(11)12(9)5-1/h1-8H. The van der Waals surface area contributed by atoms with Crippen LogP contribution < -0.4 is 0 Å². The van der Waals surface area contributed by atoms with E-state index in [0.29, 0.717) is 0 Å². The van der Waals surface area contributed by atoms with Crippen LogP contribution in [-0.2, 0) is 0 Å². The maximum Gasteiger partial charge on any atom is -0.00264 e. The van der Waals surface area contributed by atoms with Crippen molar-refractivity contribution in [1.82, 2.24) is 0 Å². The van der Waals surface area contributed by atoms with E-state index in [0.717, 1.165) is 0 Å². The van der Waals surface area contributed by atoms with E-state index in [9.17, 15) is 0 Å². The second-order valence-electron chi connectivity index (χ2n) is 3.91. The average Bonchev–Trinajstić information content (AvgIpc) is 2.77. The molecule has 0 aromatic rings. The highest BCUT2D eigenvalue weighted by molar-refractivity contribution is 5.80. The summed E-state index contributed by atoms with van der Waals surface area (Å²) in [5, 5.41) is 2.83. The second-order valence-corrected chi connectivity index (χ2v) is 3.91. The molecule has 4 aliphatic carbocycles. The summed E-state index contributed by atoms with van der Waals surface area (Å²) in [5.74, 6) is 0. The van der Waals surface area contributed by atoms with Gasteiger partial charge in [-0.2, -0.15) is 0 Å². The van der Waals surface area contributed by atoms with Gasteiger partial charge in [0.2, 0.25) is 0 Å². The predicted octanol–water partition coefficient (Wildman–Crippen LogP) is 3.50. The molecule has 0 saturated heterocycles. The van der Waals surface area contributed by atoms with Gasteiger partial charge in [-0.05, 0) is 44.8 Å². The molecule has 0 unspecified atom stereocenters. The van der Waals surface area contributed by atoms with E-state index in [-0.39, 0.29) is 0 Å². The summed E-state index contributed by atoms with van der Waals surface area (Å²) in [7, 11) is 0. The molecular formula is C14H8. The summed E-state index contributed by atoms with van der Waals surface area (Å²) in [6.45, 7) is 0. The lowest BCUT2D eigenvalue weighted by Crippen LogP contribution is -1.68. The van der Waals surface area contributed by atoms with Crippen molar-refractivity contribution in [3.8, 4) is 22.3 Å². The molecule has 0 nitrogen and oxygen atoms in total. The van der Waals surface area contributed by atoms with Gasteiger partial charge in [0.1, 0.15) is 0 Å². The van der Waals surface area contributed by atoms with Crippen molar-refractivity contribution in [2.45, 2.75) is 0 Å². The molecule has 0 amide bonds. The molecule has 4 rings (SSSR count). The molecule has 0 bridgehead atoms. The van der Waals surface area contributed by atoms with Gasteiger partial charge in [0.05, 0.1) is 0 Å². The first kappa shape index (κ1) is 6.61. The maximum atomic E-state index is 2.28. The normalized spacial score (nSPS) is 12.3. The molecule has 0 N–H and O–H groups in total. The van der Waals surface area contributed by atoms with Crippen LogP contribution in [0.3, 0.4) is 0 Å². The van der Waals surface area contributed by atoms with Crippen molar-refractivity contribution < 1.29 is 0 Å². The Hall–Kier alpha value is -1.82. The van der Waals surface area contributed by atoms with E-state index < -0.39 is 0 Å². The summed E-state index contributed by atoms with van der Waals surface area (Å²) in [6, 6.07) is 17.6. The Balaban J connectivity index is 2.38. The van der Waals surface area contributed by atoms with E-state index in [4.69, 9.17) is 0 Å². The van der Waals surface area contributed by atoms with E-state index in [1.807, 2.05) is 0 Å². The average molecular weight is 176 g/mol. The van der Waals surface area contributed by atoms with Crippen LogP contribution in [0, 0.1) is 10.4 Å². The second kappa shape index (κ2) is 1.98. The molecule has 0 saturated carbocycles. The zero-order valence-corrected chi connectivity index (χ0v) is 7.62. The number of hydrogen-bond acceptors (Lipinski definition) is 0. The van der Waals surface area contributed by atoms with Crippen molar-refractivity contribution >= 4 is 0 Å². The van der Waals surface area contributed by atoms with Gasteiger partial charge in [-0.3, -0.25) is 0 Å². The summed E-state index contributed by atoms with van der Waals surface area (Å²) in [4.78, 5) is 0. The Morgan fingerprint density at radius 1 is 0.643 bits per heavy atom. The van der Waals surface area contributed by atoms with Crippen LogP contribution in [0.2, 0.25) is 0 Å². The predicted molar refractivity (Wildman–Crippen MR) is 57.4 cm³/mol. The highest BCUT2D eigenvalue weighted by Crippen LogP contribution is 2.36. The molecule has 0 fully saturated rings. The summed E-state index contributed by atoms with van der Waals surface area (Å²) in [6.07, 6.45) is 0. The third kappa shape index (κ3) is 0.589. The first-order valence-electron chi connectivity index (χ1n) is 4.89. The minimum Gasteiger partial charge on any atom is -0.0610 e. The molecular weight excluding hydrogens is 168 g/mol. The lowest BCUT2D eigenvalue weighted by Gasteiger charge is -1.91. The minimum absolute atomic E-state index is 1.37. The van der Waals surface area contributed by atoms with Crippen LogP contribution >= 0.6 is 0 Å².